The maximum atomic E-state index is 6.04. The second kappa shape index (κ2) is 13.8. The molecule has 4 heterocycles. The van der Waals surface area contributed by atoms with Gasteiger partial charge < -0.3 is 8.83 Å². The van der Waals surface area contributed by atoms with E-state index in [1.807, 2.05) is 152 Å². The summed E-state index contributed by atoms with van der Waals surface area (Å²) in [7, 11) is 0. The molecule has 0 atom stereocenters. The molecule has 0 fully saturated rings. The fraction of sp³-hybridized carbons (Fsp3) is 0. The van der Waals surface area contributed by atoms with Gasteiger partial charge in [0, 0.05) is 38.9 Å². The van der Waals surface area contributed by atoms with Gasteiger partial charge in [0.15, 0.2) is 28.6 Å². The Morgan fingerprint density at radius 1 is 0.259 bits per heavy atom. The van der Waals surface area contributed by atoms with Crippen molar-refractivity contribution in [2.24, 2.45) is 0 Å². The Balaban J connectivity index is 1.02. The van der Waals surface area contributed by atoms with E-state index in [4.69, 9.17) is 33.8 Å². The van der Waals surface area contributed by atoms with E-state index in [2.05, 4.69) is 34.2 Å². The van der Waals surface area contributed by atoms with Crippen molar-refractivity contribution in [3.05, 3.63) is 176 Å². The third kappa shape index (κ3) is 6.13. The fourth-order valence-electron chi connectivity index (χ4n) is 7.07. The lowest BCUT2D eigenvalue weighted by molar-refractivity contribution is 0.619. The average Bonchev–Trinajstić information content (AvgIpc) is 3.94. The smallest absolute Gasteiger partial charge is 0.227 e. The van der Waals surface area contributed by atoms with Crippen molar-refractivity contribution in [1.29, 1.82) is 0 Å². The molecule has 7 aromatic carbocycles. The van der Waals surface area contributed by atoms with Gasteiger partial charge in [0.1, 0.15) is 11.0 Å². The maximum absolute atomic E-state index is 6.04. The Hall–Kier alpha value is -8.17. The summed E-state index contributed by atoms with van der Waals surface area (Å²) in [4.78, 5) is 34.8. The minimum absolute atomic E-state index is 0.503. The first-order chi connectivity index (χ1) is 28.7. The van der Waals surface area contributed by atoms with Gasteiger partial charge in [0.25, 0.3) is 0 Å². The van der Waals surface area contributed by atoms with Crippen LogP contribution in [-0.4, -0.2) is 34.9 Å². The van der Waals surface area contributed by atoms with Crippen LogP contribution in [0.4, 0.5) is 0 Å². The molecule has 0 N–H and O–H groups in total. The number of nitrogens with zero attached hydrogens (tertiary/aromatic N) is 7. The van der Waals surface area contributed by atoms with Crippen molar-refractivity contribution < 1.29 is 8.83 Å². The summed E-state index contributed by atoms with van der Waals surface area (Å²) < 4.78 is 12.1. The van der Waals surface area contributed by atoms with E-state index in [0.717, 1.165) is 83.6 Å². The Kier molecular flexibility index (Phi) is 7.92. The highest BCUT2D eigenvalue weighted by atomic mass is 16.4. The summed E-state index contributed by atoms with van der Waals surface area (Å²) >= 11 is 0. The van der Waals surface area contributed by atoms with Crippen LogP contribution in [0.3, 0.4) is 0 Å². The Bertz CT molecular complexity index is 3070. The van der Waals surface area contributed by atoms with Crippen LogP contribution in [0.5, 0.6) is 0 Å². The molecule has 11 rings (SSSR count). The van der Waals surface area contributed by atoms with Crippen LogP contribution in [0, 0.1) is 0 Å². The van der Waals surface area contributed by atoms with Gasteiger partial charge in [-0.2, -0.15) is 0 Å². The molecule has 58 heavy (non-hydrogen) atoms. The average molecular weight is 748 g/mol. The molecule has 0 unspecified atom stereocenters. The highest BCUT2D eigenvalue weighted by Crippen LogP contribution is 2.34. The maximum Gasteiger partial charge on any atom is 0.227 e. The molecule has 0 aliphatic carbocycles. The van der Waals surface area contributed by atoms with Crippen LogP contribution in [-0.2, 0) is 0 Å². The van der Waals surface area contributed by atoms with E-state index in [1.165, 1.54) is 0 Å². The van der Waals surface area contributed by atoms with E-state index >= 15 is 0 Å². The third-order valence-electron chi connectivity index (χ3n) is 10.0. The molecule has 0 saturated heterocycles. The van der Waals surface area contributed by atoms with E-state index in [0.29, 0.717) is 29.3 Å². The molecule has 9 nitrogen and oxygen atoms in total. The van der Waals surface area contributed by atoms with Crippen molar-refractivity contribution >= 4 is 33.2 Å². The summed E-state index contributed by atoms with van der Waals surface area (Å²) in [6.07, 6.45) is 0. The van der Waals surface area contributed by atoms with Gasteiger partial charge in [-0.3, -0.25) is 0 Å². The first kappa shape index (κ1) is 33.2. The van der Waals surface area contributed by atoms with Gasteiger partial charge in [-0.05, 0) is 66.7 Å². The first-order valence-electron chi connectivity index (χ1n) is 18.8. The SMILES string of the molecule is c1ccc(-c2nc3ccc(-c4nc(-c5ccc(-c6nc7ccccc7o6)cc5)nc(-c5ccc(-c6nc7ccccc7o6)cc5)n4)cc3nc2-c2ccccc2)cc1. The van der Waals surface area contributed by atoms with E-state index < -0.39 is 0 Å². The lowest BCUT2D eigenvalue weighted by Crippen LogP contribution is -2.01. The van der Waals surface area contributed by atoms with Crippen molar-refractivity contribution in [3.8, 4) is 79.6 Å². The lowest BCUT2D eigenvalue weighted by atomic mass is 10.0. The topological polar surface area (TPSA) is 117 Å². The fourth-order valence-corrected chi connectivity index (χ4v) is 7.07. The highest BCUT2D eigenvalue weighted by Gasteiger charge is 2.18. The molecule has 9 heteroatoms. The predicted octanol–water partition coefficient (Wildman–Crippen LogP) is 11.8. The van der Waals surface area contributed by atoms with Crippen LogP contribution < -0.4 is 0 Å². The van der Waals surface area contributed by atoms with Gasteiger partial charge in [-0.15, -0.1) is 0 Å². The van der Waals surface area contributed by atoms with Crippen LogP contribution in [0.1, 0.15) is 0 Å². The molecule has 0 spiro atoms. The van der Waals surface area contributed by atoms with Gasteiger partial charge in [-0.1, -0.05) is 109 Å². The minimum Gasteiger partial charge on any atom is -0.436 e. The number of oxazole rings is 2. The van der Waals surface area contributed by atoms with E-state index in [-0.39, 0.29) is 0 Å². The van der Waals surface area contributed by atoms with Crippen molar-refractivity contribution in [2.45, 2.75) is 0 Å². The molecule has 4 aromatic heterocycles. The van der Waals surface area contributed by atoms with Crippen molar-refractivity contribution in [1.82, 2.24) is 34.9 Å². The molecule has 0 aliphatic rings. The molecule has 0 bridgehead atoms. The molecule has 11 aromatic rings. The van der Waals surface area contributed by atoms with Crippen LogP contribution in [0.25, 0.3) is 113 Å². The number of para-hydroxylation sites is 4. The predicted molar refractivity (Wildman–Crippen MR) is 226 cm³/mol. The Morgan fingerprint density at radius 2 is 0.655 bits per heavy atom. The summed E-state index contributed by atoms with van der Waals surface area (Å²) in [6.45, 7) is 0. The Labute approximate surface area is 331 Å². The number of rotatable bonds is 7. The third-order valence-corrected chi connectivity index (χ3v) is 10.0. The van der Waals surface area contributed by atoms with Crippen LogP contribution >= 0.6 is 0 Å². The zero-order valence-electron chi connectivity index (χ0n) is 30.7. The van der Waals surface area contributed by atoms with E-state index in [1.54, 1.807) is 0 Å². The molecular formula is C49H29N7O2. The molecular weight excluding hydrogens is 719 g/mol. The molecule has 0 saturated carbocycles. The summed E-state index contributed by atoms with van der Waals surface area (Å²) in [5, 5.41) is 0. The molecule has 0 amide bonds. The van der Waals surface area contributed by atoms with Gasteiger partial charge in [-0.25, -0.2) is 34.9 Å². The minimum atomic E-state index is 0.503. The number of hydrogen-bond acceptors (Lipinski definition) is 9. The summed E-state index contributed by atoms with van der Waals surface area (Å²) in [5.41, 5.74) is 12.3. The van der Waals surface area contributed by atoms with Gasteiger partial charge >= 0.3 is 0 Å². The van der Waals surface area contributed by atoms with Gasteiger partial charge in [0.2, 0.25) is 11.8 Å². The zero-order chi connectivity index (χ0) is 38.4. The number of fused-ring (bicyclic) bond motifs is 3. The lowest BCUT2D eigenvalue weighted by Gasteiger charge is -2.12. The standard InChI is InChI=1S/C49H29N7O2/c1-3-11-30(12-4-1)43-44(31-13-5-2-6-14-31)51-40-29-36(27-28-37(40)50-43)47-55-45(32-19-23-34(24-20-32)48-52-38-15-7-9-17-41(38)57-48)54-46(56-47)33-21-25-35(26-22-33)49-53-39-16-8-10-18-42(39)58-49/h1-29H. The van der Waals surface area contributed by atoms with Crippen LogP contribution in [0.15, 0.2) is 185 Å². The summed E-state index contributed by atoms with van der Waals surface area (Å²) in [6, 6.07) is 57.5. The molecule has 0 radical (unpaired) electrons. The van der Waals surface area contributed by atoms with E-state index in [9.17, 15) is 0 Å². The second-order valence-electron chi connectivity index (χ2n) is 13.8. The zero-order valence-corrected chi connectivity index (χ0v) is 30.7. The molecule has 0 aliphatic heterocycles. The summed E-state index contributed by atoms with van der Waals surface area (Å²) in [5.74, 6) is 2.63. The van der Waals surface area contributed by atoms with Gasteiger partial charge in [0.05, 0.1) is 22.4 Å². The van der Waals surface area contributed by atoms with Crippen molar-refractivity contribution in [2.75, 3.05) is 0 Å². The number of benzene rings is 7. The largest absolute Gasteiger partial charge is 0.436 e. The molecule has 272 valence electrons. The Morgan fingerprint density at radius 3 is 1.14 bits per heavy atom. The monoisotopic (exact) mass is 747 g/mol. The van der Waals surface area contributed by atoms with Crippen molar-refractivity contribution in [3.63, 3.8) is 0 Å². The second-order valence-corrected chi connectivity index (χ2v) is 13.8. The normalized spacial score (nSPS) is 11.4. The van der Waals surface area contributed by atoms with Crippen LogP contribution in [0.2, 0.25) is 0 Å². The highest BCUT2D eigenvalue weighted by molar-refractivity contribution is 5.88. The quantitative estimate of drug-likeness (QED) is 0.157. The number of hydrogen-bond donors (Lipinski definition) is 0. The number of aromatic nitrogens is 7. The first-order valence-corrected chi connectivity index (χ1v) is 18.8.